The Morgan fingerprint density at radius 2 is 1.15 bits per heavy atom. The maximum absolute atomic E-state index is 13.0. The number of nitrogens with one attached hydrogen (secondary N) is 3. The number of aliphatic hydroxyl groups excluding tert-OH is 1. The van der Waals surface area contributed by atoms with E-state index in [0.29, 0.717) is 11.1 Å². The zero-order valence-electron chi connectivity index (χ0n) is 21.4. The van der Waals surface area contributed by atoms with Crippen LogP contribution in [0.15, 0.2) is 48.5 Å². The normalized spacial score (nSPS) is 13.8. The number of hydrogen-bond donors (Lipinski definition) is 9. The molecule has 2 aromatic rings. The number of carboxylic acid groups (broad SMARTS) is 1. The van der Waals surface area contributed by atoms with Crippen LogP contribution < -0.4 is 27.4 Å². The SMILES string of the molecule is NC(=O)CCC(NC(=O)C(Cc1ccc(O)cc1)NC(=O)C(CO)NC(=O)C(N)Cc1ccc(O)cc1)C(=O)O. The third kappa shape index (κ3) is 10.2. The van der Waals surface area contributed by atoms with Gasteiger partial charge < -0.3 is 47.8 Å². The Bertz CT molecular complexity index is 1190. The molecule has 0 aliphatic carbocycles. The fourth-order valence-corrected chi connectivity index (χ4v) is 3.62. The van der Waals surface area contributed by atoms with Crippen LogP contribution >= 0.6 is 0 Å². The summed E-state index contributed by atoms with van der Waals surface area (Å²) in [5.74, 6) is -4.82. The molecule has 14 nitrogen and oxygen atoms in total. The Morgan fingerprint density at radius 3 is 1.62 bits per heavy atom. The van der Waals surface area contributed by atoms with E-state index in [-0.39, 0.29) is 37.2 Å². The number of rotatable bonds is 15. The van der Waals surface area contributed by atoms with E-state index < -0.39 is 60.4 Å². The van der Waals surface area contributed by atoms with Gasteiger partial charge in [0.15, 0.2) is 0 Å². The highest BCUT2D eigenvalue weighted by Gasteiger charge is 2.30. The predicted octanol–water partition coefficient (Wildman–Crippen LogP) is -1.99. The molecule has 0 aliphatic heterocycles. The lowest BCUT2D eigenvalue weighted by molar-refractivity contribution is -0.142. The van der Waals surface area contributed by atoms with Gasteiger partial charge in [-0.15, -0.1) is 0 Å². The molecule has 0 radical (unpaired) electrons. The molecule has 4 amide bonds. The molecule has 2 rings (SSSR count). The molecule has 0 heterocycles. The van der Waals surface area contributed by atoms with Gasteiger partial charge in [0, 0.05) is 12.8 Å². The van der Waals surface area contributed by atoms with Crippen molar-refractivity contribution in [2.24, 2.45) is 11.5 Å². The second-order valence-corrected chi connectivity index (χ2v) is 9.06. The van der Waals surface area contributed by atoms with Crippen LogP contribution in [0.2, 0.25) is 0 Å². The van der Waals surface area contributed by atoms with E-state index in [9.17, 15) is 44.4 Å². The van der Waals surface area contributed by atoms with E-state index in [0.717, 1.165) is 0 Å². The molecule has 4 atom stereocenters. The molecular formula is C26H33N5O9. The maximum Gasteiger partial charge on any atom is 0.326 e. The quantitative estimate of drug-likeness (QED) is 0.116. The van der Waals surface area contributed by atoms with Crippen LogP contribution in [0.4, 0.5) is 0 Å². The van der Waals surface area contributed by atoms with Crippen LogP contribution in [0.5, 0.6) is 11.5 Å². The second kappa shape index (κ2) is 15.0. The van der Waals surface area contributed by atoms with Crippen molar-refractivity contribution >= 4 is 29.6 Å². The molecule has 40 heavy (non-hydrogen) atoms. The summed E-state index contributed by atoms with van der Waals surface area (Å²) in [6.45, 7) is -0.840. The van der Waals surface area contributed by atoms with Crippen molar-refractivity contribution in [3.05, 3.63) is 59.7 Å². The third-order valence-electron chi connectivity index (χ3n) is 5.85. The summed E-state index contributed by atoms with van der Waals surface area (Å²) in [6, 6.07) is 6.19. The van der Waals surface area contributed by atoms with Gasteiger partial charge >= 0.3 is 5.97 Å². The fourth-order valence-electron chi connectivity index (χ4n) is 3.62. The Balaban J connectivity index is 2.14. The van der Waals surface area contributed by atoms with Gasteiger partial charge in [0.25, 0.3) is 0 Å². The largest absolute Gasteiger partial charge is 0.508 e. The topological polar surface area (TPSA) is 254 Å². The monoisotopic (exact) mass is 559 g/mol. The van der Waals surface area contributed by atoms with Gasteiger partial charge in [-0.05, 0) is 48.2 Å². The molecule has 11 N–H and O–H groups in total. The molecule has 14 heteroatoms. The first kappa shape index (κ1) is 31.5. The van der Waals surface area contributed by atoms with Crippen molar-refractivity contribution in [1.29, 1.82) is 0 Å². The minimum atomic E-state index is -1.50. The van der Waals surface area contributed by atoms with E-state index in [2.05, 4.69) is 16.0 Å². The lowest BCUT2D eigenvalue weighted by Crippen LogP contribution is -2.58. The van der Waals surface area contributed by atoms with E-state index in [1.165, 1.54) is 36.4 Å². The number of hydrogen-bond acceptors (Lipinski definition) is 9. The summed E-state index contributed by atoms with van der Waals surface area (Å²) >= 11 is 0. The van der Waals surface area contributed by atoms with Gasteiger partial charge in [-0.25, -0.2) is 4.79 Å². The number of phenols is 2. The first-order chi connectivity index (χ1) is 18.9. The standard InChI is InChI=1S/C26H33N5O9/c27-18(11-14-1-5-16(33)6-2-14)23(36)31-21(13-32)25(38)30-20(12-15-3-7-17(34)8-4-15)24(37)29-19(26(39)40)9-10-22(28)35/h1-8,18-21,32-34H,9-13,27H2,(H2,28,35)(H,29,37)(H,30,38)(H,31,36)(H,39,40). The summed E-state index contributed by atoms with van der Waals surface area (Å²) in [6.07, 6.45) is -0.675. The van der Waals surface area contributed by atoms with Crippen LogP contribution in [0.1, 0.15) is 24.0 Å². The summed E-state index contributed by atoms with van der Waals surface area (Å²) < 4.78 is 0. The lowest BCUT2D eigenvalue weighted by atomic mass is 10.0. The number of phenolic OH excluding ortho intramolecular Hbond substituents is 2. The summed E-state index contributed by atoms with van der Waals surface area (Å²) in [5, 5.41) is 45.1. The summed E-state index contributed by atoms with van der Waals surface area (Å²) in [4.78, 5) is 61.3. The smallest absolute Gasteiger partial charge is 0.326 e. The zero-order valence-corrected chi connectivity index (χ0v) is 21.4. The van der Waals surface area contributed by atoms with Gasteiger partial charge in [-0.2, -0.15) is 0 Å². The van der Waals surface area contributed by atoms with Crippen molar-refractivity contribution in [3.8, 4) is 11.5 Å². The number of carbonyl (C=O) groups excluding carboxylic acids is 4. The molecule has 2 aromatic carbocycles. The number of aliphatic hydroxyl groups is 1. The number of carbonyl (C=O) groups is 5. The molecular weight excluding hydrogens is 526 g/mol. The number of aromatic hydroxyl groups is 2. The summed E-state index contributed by atoms with van der Waals surface area (Å²) in [5.41, 5.74) is 12.1. The summed E-state index contributed by atoms with van der Waals surface area (Å²) in [7, 11) is 0. The van der Waals surface area contributed by atoms with E-state index in [1.54, 1.807) is 12.1 Å². The molecule has 0 saturated heterocycles. The molecule has 0 bridgehead atoms. The van der Waals surface area contributed by atoms with Gasteiger partial charge in [0.05, 0.1) is 12.6 Å². The average Bonchev–Trinajstić information content (AvgIpc) is 2.90. The fraction of sp³-hybridized carbons (Fsp3) is 0.346. The van der Waals surface area contributed by atoms with Gasteiger partial charge in [0.2, 0.25) is 23.6 Å². The highest BCUT2D eigenvalue weighted by atomic mass is 16.4. The van der Waals surface area contributed by atoms with Crippen LogP contribution in [0, 0.1) is 0 Å². The van der Waals surface area contributed by atoms with E-state index in [1.807, 2.05) is 0 Å². The first-order valence-electron chi connectivity index (χ1n) is 12.2. The number of aliphatic carboxylic acids is 1. The molecule has 216 valence electrons. The molecule has 0 fully saturated rings. The Labute approximate surface area is 229 Å². The first-order valence-corrected chi connectivity index (χ1v) is 12.2. The minimum absolute atomic E-state index is 0.0345. The highest BCUT2D eigenvalue weighted by Crippen LogP contribution is 2.13. The Hall–Kier alpha value is -4.69. The highest BCUT2D eigenvalue weighted by molar-refractivity contribution is 5.94. The number of primary amides is 1. The van der Waals surface area contributed by atoms with Crippen molar-refractivity contribution in [2.45, 2.75) is 49.9 Å². The Kier molecular flexibility index (Phi) is 11.9. The van der Waals surface area contributed by atoms with Crippen molar-refractivity contribution in [1.82, 2.24) is 16.0 Å². The van der Waals surface area contributed by atoms with Gasteiger partial charge in [-0.1, -0.05) is 24.3 Å². The zero-order chi connectivity index (χ0) is 29.8. The van der Waals surface area contributed by atoms with E-state index in [4.69, 9.17) is 11.5 Å². The van der Waals surface area contributed by atoms with Crippen LogP contribution in [-0.4, -0.2) is 80.8 Å². The maximum atomic E-state index is 13.0. The molecule has 0 saturated carbocycles. The third-order valence-corrected chi connectivity index (χ3v) is 5.85. The lowest BCUT2D eigenvalue weighted by Gasteiger charge is -2.24. The van der Waals surface area contributed by atoms with Crippen molar-refractivity contribution in [3.63, 3.8) is 0 Å². The van der Waals surface area contributed by atoms with Crippen molar-refractivity contribution < 1.29 is 44.4 Å². The predicted molar refractivity (Wildman–Crippen MR) is 141 cm³/mol. The van der Waals surface area contributed by atoms with Crippen molar-refractivity contribution in [2.75, 3.05) is 6.61 Å². The number of nitrogens with two attached hydrogens (primary N) is 2. The average molecular weight is 560 g/mol. The second-order valence-electron chi connectivity index (χ2n) is 9.06. The van der Waals surface area contributed by atoms with Gasteiger partial charge in [-0.3, -0.25) is 19.2 Å². The molecule has 4 unspecified atom stereocenters. The molecule has 0 aromatic heterocycles. The van der Waals surface area contributed by atoms with Gasteiger partial charge in [0.1, 0.15) is 29.6 Å². The number of carboxylic acids is 1. The number of benzene rings is 2. The number of amides is 4. The molecule has 0 aliphatic rings. The minimum Gasteiger partial charge on any atom is -0.508 e. The Morgan fingerprint density at radius 1 is 0.700 bits per heavy atom. The molecule has 0 spiro atoms. The van der Waals surface area contributed by atoms with Crippen LogP contribution in [0.25, 0.3) is 0 Å². The van der Waals surface area contributed by atoms with Crippen LogP contribution in [-0.2, 0) is 36.8 Å². The van der Waals surface area contributed by atoms with E-state index >= 15 is 0 Å². The van der Waals surface area contributed by atoms with Crippen LogP contribution in [0.3, 0.4) is 0 Å².